The average Bonchev–Trinajstić information content (AvgIpc) is 2.65. The van der Waals surface area contributed by atoms with Gasteiger partial charge in [-0.15, -0.1) is 0 Å². The molecular formula is C12H19N3O. The van der Waals surface area contributed by atoms with E-state index in [1.807, 2.05) is 26.8 Å². The van der Waals surface area contributed by atoms with Gasteiger partial charge >= 0.3 is 0 Å². The molecule has 1 aliphatic heterocycles. The number of hydrogen-bond acceptors (Lipinski definition) is 4. The van der Waals surface area contributed by atoms with E-state index in [9.17, 15) is 5.11 Å². The molecule has 1 saturated heterocycles. The van der Waals surface area contributed by atoms with Crippen molar-refractivity contribution in [2.24, 2.45) is 5.92 Å². The Balaban J connectivity index is 2.09. The molecule has 0 radical (unpaired) electrons. The maximum absolute atomic E-state index is 9.98. The molecule has 0 amide bonds. The molecule has 1 fully saturated rings. The summed E-state index contributed by atoms with van der Waals surface area (Å²) in [5, 5.41) is 9.98. The lowest BCUT2D eigenvalue weighted by molar-refractivity contribution is 0.0263. The van der Waals surface area contributed by atoms with Gasteiger partial charge in [-0.25, -0.2) is 9.97 Å². The van der Waals surface area contributed by atoms with Gasteiger partial charge in [0.25, 0.3) is 0 Å². The van der Waals surface area contributed by atoms with Crippen molar-refractivity contribution < 1.29 is 5.11 Å². The number of hydrogen-bond donors (Lipinski definition) is 1. The van der Waals surface area contributed by atoms with E-state index in [2.05, 4.69) is 14.9 Å². The van der Waals surface area contributed by atoms with E-state index >= 15 is 0 Å². The molecule has 1 N–H and O–H groups in total. The van der Waals surface area contributed by atoms with E-state index in [0.29, 0.717) is 5.92 Å². The Morgan fingerprint density at radius 3 is 2.81 bits per heavy atom. The van der Waals surface area contributed by atoms with E-state index in [0.717, 1.165) is 31.2 Å². The molecular weight excluding hydrogens is 202 g/mol. The summed E-state index contributed by atoms with van der Waals surface area (Å²) in [4.78, 5) is 10.7. The van der Waals surface area contributed by atoms with Crippen molar-refractivity contribution >= 4 is 5.82 Å². The number of aromatic nitrogens is 2. The summed E-state index contributed by atoms with van der Waals surface area (Å²) in [5.74, 6) is 2.09. The Kier molecular flexibility index (Phi) is 2.84. The summed E-state index contributed by atoms with van der Waals surface area (Å²) < 4.78 is 0. The molecule has 2 heterocycles. The van der Waals surface area contributed by atoms with Crippen LogP contribution < -0.4 is 4.90 Å². The summed E-state index contributed by atoms with van der Waals surface area (Å²) >= 11 is 0. The Labute approximate surface area is 96.3 Å². The minimum absolute atomic E-state index is 0.322. The maximum atomic E-state index is 9.98. The SMILES string of the molecule is Cc1nccc(N2CCC(C(C)(C)O)C2)n1. The van der Waals surface area contributed by atoms with E-state index < -0.39 is 5.60 Å². The highest BCUT2D eigenvalue weighted by molar-refractivity contribution is 5.38. The normalized spacial score (nSPS) is 21.5. The van der Waals surface area contributed by atoms with Crippen molar-refractivity contribution in [3.63, 3.8) is 0 Å². The number of rotatable bonds is 2. The van der Waals surface area contributed by atoms with Gasteiger partial charge in [0.2, 0.25) is 0 Å². The fourth-order valence-electron chi connectivity index (χ4n) is 2.16. The first kappa shape index (κ1) is 11.3. The predicted molar refractivity (Wildman–Crippen MR) is 63.4 cm³/mol. The average molecular weight is 221 g/mol. The monoisotopic (exact) mass is 221 g/mol. The van der Waals surface area contributed by atoms with Crippen molar-refractivity contribution in [3.8, 4) is 0 Å². The van der Waals surface area contributed by atoms with Crippen LogP contribution in [0.5, 0.6) is 0 Å². The molecule has 0 aliphatic carbocycles. The van der Waals surface area contributed by atoms with Crippen LogP contribution in [-0.4, -0.2) is 33.8 Å². The molecule has 4 heteroatoms. The van der Waals surface area contributed by atoms with Gasteiger partial charge in [-0.2, -0.15) is 0 Å². The second-order valence-corrected chi connectivity index (χ2v) is 5.05. The minimum atomic E-state index is -0.600. The molecule has 1 aromatic rings. The summed E-state index contributed by atoms with van der Waals surface area (Å²) in [5.41, 5.74) is -0.600. The van der Waals surface area contributed by atoms with E-state index in [-0.39, 0.29) is 0 Å². The molecule has 1 aromatic heterocycles. The van der Waals surface area contributed by atoms with Gasteiger partial charge in [0.15, 0.2) is 0 Å². The number of aliphatic hydroxyl groups is 1. The number of anilines is 1. The highest BCUT2D eigenvalue weighted by Gasteiger charge is 2.33. The van der Waals surface area contributed by atoms with Crippen LogP contribution in [0.4, 0.5) is 5.82 Å². The van der Waals surface area contributed by atoms with Crippen LogP contribution in [0.25, 0.3) is 0 Å². The smallest absolute Gasteiger partial charge is 0.132 e. The molecule has 1 atom stereocenters. The highest BCUT2D eigenvalue weighted by atomic mass is 16.3. The van der Waals surface area contributed by atoms with Gasteiger partial charge < -0.3 is 10.0 Å². The first-order chi connectivity index (χ1) is 7.47. The van der Waals surface area contributed by atoms with Gasteiger partial charge in [-0.3, -0.25) is 0 Å². The second-order valence-electron chi connectivity index (χ2n) is 5.05. The Hall–Kier alpha value is -1.16. The van der Waals surface area contributed by atoms with Gasteiger partial charge in [0, 0.05) is 25.2 Å². The summed E-state index contributed by atoms with van der Waals surface area (Å²) in [7, 11) is 0. The van der Waals surface area contributed by atoms with Crippen LogP contribution in [0.3, 0.4) is 0 Å². The molecule has 0 aromatic carbocycles. The van der Waals surface area contributed by atoms with Gasteiger partial charge in [0.1, 0.15) is 11.6 Å². The van der Waals surface area contributed by atoms with E-state index in [1.165, 1.54) is 0 Å². The molecule has 88 valence electrons. The van der Waals surface area contributed by atoms with Gasteiger partial charge in [0.05, 0.1) is 5.60 Å². The lowest BCUT2D eigenvalue weighted by Gasteiger charge is -2.25. The topological polar surface area (TPSA) is 49.2 Å². The lowest BCUT2D eigenvalue weighted by atomic mass is 9.90. The van der Waals surface area contributed by atoms with Crippen LogP contribution in [0, 0.1) is 12.8 Å². The fraction of sp³-hybridized carbons (Fsp3) is 0.667. The first-order valence-electron chi connectivity index (χ1n) is 5.74. The number of aryl methyl sites for hydroxylation is 1. The Bertz CT molecular complexity index is 373. The van der Waals surface area contributed by atoms with Crippen molar-refractivity contribution in [1.29, 1.82) is 0 Å². The summed E-state index contributed by atoms with van der Waals surface area (Å²) in [6.45, 7) is 7.50. The summed E-state index contributed by atoms with van der Waals surface area (Å²) in [6.07, 6.45) is 2.81. The largest absolute Gasteiger partial charge is 0.390 e. The fourth-order valence-corrected chi connectivity index (χ4v) is 2.16. The van der Waals surface area contributed by atoms with Crippen LogP contribution in [0.15, 0.2) is 12.3 Å². The second kappa shape index (κ2) is 4.01. The van der Waals surface area contributed by atoms with Crippen LogP contribution in [0.2, 0.25) is 0 Å². The third-order valence-corrected chi connectivity index (χ3v) is 3.27. The van der Waals surface area contributed by atoms with Crippen LogP contribution in [0.1, 0.15) is 26.1 Å². The molecule has 1 unspecified atom stereocenters. The quantitative estimate of drug-likeness (QED) is 0.819. The van der Waals surface area contributed by atoms with E-state index in [1.54, 1.807) is 6.20 Å². The standard InChI is InChI=1S/C12H19N3O/c1-9-13-6-4-11(14-9)15-7-5-10(8-15)12(2,3)16/h4,6,10,16H,5,7-8H2,1-3H3. The van der Waals surface area contributed by atoms with Crippen molar-refractivity contribution in [1.82, 2.24) is 9.97 Å². The van der Waals surface area contributed by atoms with Gasteiger partial charge in [-0.05, 0) is 33.3 Å². The van der Waals surface area contributed by atoms with Crippen molar-refractivity contribution in [2.45, 2.75) is 32.8 Å². The van der Waals surface area contributed by atoms with Crippen LogP contribution >= 0.6 is 0 Å². The first-order valence-corrected chi connectivity index (χ1v) is 5.74. The molecule has 0 saturated carbocycles. The zero-order valence-corrected chi connectivity index (χ0v) is 10.1. The third kappa shape index (κ3) is 2.32. The summed E-state index contributed by atoms with van der Waals surface area (Å²) in [6, 6.07) is 1.93. The lowest BCUT2D eigenvalue weighted by Crippen LogP contribution is -2.33. The molecule has 0 spiro atoms. The zero-order valence-electron chi connectivity index (χ0n) is 10.1. The molecule has 2 rings (SSSR count). The van der Waals surface area contributed by atoms with Crippen LogP contribution in [-0.2, 0) is 0 Å². The predicted octanol–water partition coefficient (Wildman–Crippen LogP) is 1.38. The Morgan fingerprint density at radius 1 is 1.50 bits per heavy atom. The maximum Gasteiger partial charge on any atom is 0.132 e. The molecule has 4 nitrogen and oxygen atoms in total. The molecule has 16 heavy (non-hydrogen) atoms. The van der Waals surface area contributed by atoms with E-state index in [4.69, 9.17) is 0 Å². The number of nitrogens with zero attached hydrogens (tertiary/aromatic N) is 3. The zero-order chi connectivity index (χ0) is 11.8. The highest BCUT2D eigenvalue weighted by Crippen LogP contribution is 2.29. The van der Waals surface area contributed by atoms with Gasteiger partial charge in [-0.1, -0.05) is 0 Å². The molecule has 0 bridgehead atoms. The minimum Gasteiger partial charge on any atom is -0.390 e. The Morgan fingerprint density at radius 2 is 2.25 bits per heavy atom. The van der Waals surface area contributed by atoms with Crippen molar-refractivity contribution in [3.05, 3.63) is 18.1 Å². The van der Waals surface area contributed by atoms with Crippen molar-refractivity contribution in [2.75, 3.05) is 18.0 Å². The molecule has 1 aliphatic rings. The third-order valence-electron chi connectivity index (χ3n) is 3.27.